The Balaban J connectivity index is 1.38. The zero-order chi connectivity index (χ0) is 18.4. The molecule has 1 saturated carbocycles. The Labute approximate surface area is 155 Å². The van der Waals surface area contributed by atoms with Crippen LogP contribution in [-0.4, -0.2) is 20.8 Å². The Hall–Kier alpha value is -2.96. The van der Waals surface area contributed by atoms with E-state index in [1.54, 1.807) is 24.4 Å². The first-order valence-electron chi connectivity index (χ1n) is 9.29. The molecular formula is C20H19FN4O2. The third-order valence-corrected chi connectivity index (χ3v) is 5.30. The van der Waals surface area contributed by atoms with Gasteiger partial charge in [0, 0.05) is 23.2 Å². The molecule has 27 heavy (non-hydrogen) atoms. The van der Waals surface area contributed by atoms with Crippen molar-refractivity contribution in [2.45, 2.75) is 44.1 Å². The molecule has 0 spiro atoms. The molecule has 0 radical (unpaired) electrons. The molecule has 0 bridgehead atoms. The summed E-state index contributed by atoms with van der Waals surface area (Å²) in [7, 11) is 0. The maximum Gasteiger partial charge on any atom is 0.273 e. The topological polar surface area (TPSA) is 73.0 Å². The number of hydrogen-bond acceptors (Lipinski definition) is 4. The average Bonchev–Trinajstić information content (AvgIpc) is 3.24. The van der Waals surface area contributed by atoms with E-state index in [-0.39, 0.29) is 17.8 Å². The van der Waals surface area contributed by atoms with Crippen LogP contribution in [0.15, 0.2) is 41.1 Å². The summed E-state index contributed by atoms with van der Waals surface area (Å²) in [6.07, 6.45) is 6.66. The molecule has 0 aliphatic heterocycles. The van der Waals surface area contributed by atoms with Gasteiger partial charge in [-0.3, -0.25) is 4.79 Å². The molecule has 2 aliphatic rings. The van der Waals surface area contributed by atoms with Gasteiger partial charge in [0.25, 0.3) is 5.91 Å². The number of halogens is 1. The first-order valence-corrected chi connectivity index (χ1v) is 9.29. The second kappa shape index (κ2) is 6.33. The van der Waals surface area contributed by atoms with Gasteiger partial charge in [-0.2, -0.15) is 5.10 Å². The molecule has 1 unspecified atom stereocenters. The highest BCUT2D eigenvalue weighted by Crippen LogP contribution is 2.40. The maximum absolute atomic E-state index is 13.2. The van der Waals surface area contributed by atoms with Crippen LogP contribution >= 0.6 is 0 Å². The first-order chi connectivity index (χ1) is 13.2. The van der Waals surface area contributed by atoms with Gasteiger partial charge in [-0.05, 0) is 56.4 Å². The minimum absolute atomic E-state index is 0.114. The molecule has 138 valence electrons. The number of hydrogen-bond donors (Lipinski definition) is 1. The molecule has 6 nitrogen and oxygen atoms in total. The molecule has 2 heterocycles. The van der Waals surface area contributed by atoms with Crippen LogP contribution in [0.4, 0.5) is 4.39 Å². The number of nitrogens with one attached hydrogen (secondary N) is 1. The molecule has 1 aromatic carbocycles. The number of carbonyl (C=O) groups is 1. The van der Waals surface area contributed by atoms with Gasteiger partial charge < -0.3 is 9.84 Å². The zero-order valence-electron chi connectivity index (χ0n) is 14.7. The normalized spacial score (nSPS) is 18.9. The largest absolute Gasteiger partial charge is 0.360 e. The van der Waals surface area contributed by atoms with E-state index in [4.69, 9.17) is 4.52 Å². The van der Waals surface area contributed by atoms with Crippen molar-refractivity contribution in [1.82, 2.24) is 20.3 Å². The van der Waals surface area contributed by atoms with Crippen molar-refractivity contribution in [3.8, 4) is 5.69 Å². The molecule has 3 aromatic rings. The highest BCUT2D eigenvalue weighted by molar-refractivity contribution is 5.92. The van der Waals surface area contributed by atoms with Crippen LogP contribution in [0.25, 0.3) is 5.69 Å². The fourth-order valence-corrected chi connectivity index (χ4v) is 3.70. The average molecular weight is 366 g/mol. The molecule has 1 amide bonds. The van der Waals surface area contributed by atoms with Gasteiger partial charge in [0.2, 0.25) is 0 Å². The lowest BCUT2D eigenvalue weighted by Gasteiger charge is -2.23. The minimum Gasteiger partial charge on any atom is -0.360 e. The quantitative estimate of drug-likeness (QED) is 0.764. The Morgan fingerprint density at radius 3 is 2.81 bits per heavy atom. The van der Waals surface area contributed by atoms with Crippen molar-refractivity contribution in [2.24, 2.45) is 0 Å². The van der Waals surface area contributed by atoms with Crippen LogP contribution in [0.3, 0.4) is 0 Å². The molecule has 2 aliphatic carbocycles. The number of carbonyl (C=O) groups excluding carboxylic acids is 1. The fourth-order valence-electron chi connectivity index (χ4n) is 3.70. The van der Waals surface area contributed by atoms with Gasteiger partial charge in [0.1, 0.15) is 11.6 Å². The van der Waals surface area contributed by atoms with Gasteiger partial charge >= 0.3 is 0 Å². The van der Waals surface area contributed by atoms with Gasteiger partial charge in [-0.1, -0.05) is 5.16 Å². The van der Waals surface area contributed by atoms with Crippen molar-refractivity contribution in [3.05, 3.63) is 65.1 Å². The summed E-state index contributed by atoms with van der Waals surface area (Å²) in [6, 6.07) is 7.90. The van der Waals surface area contributed by atoms with Gasteiger partial charge in [-0.25, -0.2) is 9.07 Å². The number of benzene rings is 1. The van der Waals surface area contributed by atoms with Crippen molar-refractivity contribution in [2.75, 3.05) is 0 Å². The van der Waals surface area contributed by atoms with Crippen LogP contribution in [0.1, 0.15) is 65.1 Å². The van der Waals surface area contributed by atoms with E-state index in [1.165, 1.54) is 12.1 Å². The Bertz CT molecular complexity index is 988. The molecule has 1 atom stereocenters. The number of fused-ring (bicyclic) bond motifs is 1. The van der Waals surface area contributed by atoms with Gasteiger partial charge in [0.05, 0.1) is 17.9 Å². The molecule has 7 heteroatoms. The lowest BCUT2D eigenvalue weighted by atomic mass is 9.92. The van der Waals surface area contributed by atoms with E-state index in [0.717, 1.165) is 54.8 Å². The van der Waals surface area contributed by atoms with E-state index in [0.29, 0.717) is 11.6 Å². The highest BCUT2D eigenvalue weighted by atomic mass is 19.1. The predicted octanol–water partition coefficient (Wildman–Crippen LogP) is 3.68. The summed E-state index contributed by atoms with van der Waals surface area (Å²) in [6.45, 7) is 0. The minimum atomic E-state index is -0.275. The molecule has 5 rings (SSSR count). The predicted molar refractivity (Wildman–Crippen MR) is 95.1 cm³/mol. The summed E-state index contributed by atoms with van der Waals surface area (Å²) in [5, 5.41) is 11.5. The Morgan fingerprint density at radius 2 is 2.04 bits per heavy atom. The monoisotopic (exact) mass is 366 g/mol. The van der Waals surface area contributed by atoms with Crippen molar-refractivity contribution in [1.29, 1.82) is 0 Å². The van der Waals surface area contributed by atoms with E-state index < -0.39 is 0 Å². The van der Waals surface area contributed by atoms with Crippen molar-refractivity contribution >= 4 is 5.91 Å². The molecule has 0 saturated heterocycles. The number of rotatable bonds is 4. The Kier molecular flexibility index (Phi) is 3.81. The van der Waals surface area contributed by atoms with E-state index in [9.17, 15) is 9.18 Å². The van der Waals surface area contributed by atoms with Crippen LogP contribution in [0.5, 0.6) is 0 Å². The molecule has 1 fully saturated rings. The molecular weight excluding hydrogens is 347 g/mol. The van der Waals surface area contributed by atoms with Crippen LogP contribution < -0.4 is 5.32 Å². The number of aromatic nitrogens is 3. The molecule has 2 aromatic heterocycles. The summed E-state index contributed by atoms with van der Waals surface area (Å²) < 4.78 is 20.3. The SMILES string of the molecule is O=C(NC1CCCc2c1cnn2-c1ccc(F)cc1)c1cc(C2CC2)on1. The third-order valence-electron chi connectivity index (χ3n) is 5.30. The summed E-state index contributed by atoms with van der Waals surface area (Å²) in [4.78, 5) is 12.6. The second-order valence-corrected chi connectivity index (χ2v) is 7.24. The molecule has 1 N–H and O–H groups in total. The fraction of sp³-hybridized carbons (Fsp3) is 0.350. The van der Waals surface area contributed by atoms with Crippen molar-refractivity contribution < 1.29 is 13.7 Å². The van der Waals surface area contributed by atoms with E-state index in [2.05, 4.69) is 15.6 Å². The van der Waals surface area contributed by atoms with Crippen molar-refractivity contribution in [3.63, 3.8) is 0 Å². The number of amides is 1. The Morgan fingerprint density at radius 1 is 1.22 bits per heavy atom. The van der Waals surface area contributed by atoms with Crippen LogP contribution in [-0.2, 0) is 6.42 Å². The summed E-state index contributed by atoms with van der Waals surface area (Å²) >= 11 is 0. The van der Waals surface area contributed by atoms with Crippen LogP contribution in [0, 0.1) is 5.82 Å². The van der Waals surface area contributed by atoms with Gasteiger partial charge in [-0.15, -0.1) is 0 Å². The van der Waals surface area contributed by atoms with E-state index >= 15 is 0 Å². The zero-order valence-corrected chi connectivity index (χ0v) is 14.7. The number of nitrogens with zero attached hydrogens (tertiary/aromatic N) is 3. The standard InChI is InChI=1S/C20H19FN4O2/c21-13-6-8-14(9-7-13)25-18-3-1-2-16(15(18)11-22-25)23-20(26)17-10-19(27-24-17)12-4-5-12/h6-12,16H,1-5H2,(H,23,26). The lowest BCUT2D eigenvalue weighted by molar-refractivity contribution is 0.0923. The second-order valence-electron chi connectivity index (χ2n) is 7.24. The van der Waals surface area contributed by atoms with E-state index in [1.807, 2.05) is 4.68 Å². The maximum atomic E-state index is 13.2. The van der Waals surface area contributed by atoms with Gasteiger partial charge in [0.15, 0.2) is 5.69 Å². The third kappa shape index (κ3) is 3.03. The first kappa shape index (κ1) is 16.2. The summed E-state index contributed by atoms with van der Waals surface area (Å²) in [5.74, 6) is 0.726. The summed E-state index contributed by atoms with van der Waals surface area (Å²) in [5.41, 5.74) is 3.20. The highest BCUT2D eigenvalue weighted by Gasteiger charge is 2.30. The smallest absolute Gasteiger partial charge is 0.273 e. The van der Waals surface area contributed by atoms with Crippen LogP contribution in [0.2, 0.25) is 0 Å². The lowest BCUT2D eigenvalue weighted by Crippen LogP contribution is -2.31.